The average molecular weight is 272 g/mol. The highest BCUT2D eigenvalue weighted by molar-refractivity contribution is 6.00. The molecule has 104 valence electrons. The maximum absolute atomic E-state index is 12.2. The van der Waals surface area contributed by atoms with Crippen LogP contribution in [-0.4, -0.2) is 35.0 Å². The molecule has 2 rings (SSSR count). The van der Waals surface area contributed by atoms with Crippen LogP contribution in [0.15, 0.2) is 41.3 Å². The van der Waals surface area contributed by atoms with Gasteiger partial charge in [0.05, 0.1) is 12.2 Å². The molecular weight excluding hydrogens is 256 g/mol. The summed E-state index contributed by atoms with van der Waals surface area (Å²) >= 11 is 0. The Morgan fingerprint density at radius 2 is 1.95 bits per heavy atom. The Balaban J connectivity index is 2.69. The van der Waals surface area contributed by atoms with Crippen molar-refractivity contribution < 1.29 is 9.90 Å². The molecule has 1 heterocycles. The molecule has 5 nitrogen and oxygen atoms in total. The highest BCUT2D eigenvalue weighted by Crippen LogP contribution is 2.26. The number of hydrogen-bond acceptors (Lipinski definition) is 3. The van der Waals surface area contributed by atoms with Gasteiger partial charge in [0.2, 0.25) is 5.56 Å². The summed E-state index contributed by atoms with van der Waals surface area (Å²) in [5.74, 6) is -0.205. The van der Waals surface area contributed by atoms with Gasteiger partial charge in [-0.2, -0.15) is 0 Å². The SMILES string of the molecule is CN(C)C(=O)c1c[nH]c(=O)cc1-c1ccccc1CO. The molecule has 5 heteroatoms. The van der Waals surface area contributed by atoms with Crippen LogP contribution in [0.25, 0.3) is 11.1 Å². The van der Waals surface area contributed by atoms with Crippen LogP contribution in [0.4, 0.5) is 0 Å². The van der Waals surface area contributed by atoms with Crippen molar-refractivity contribution >= 4 is 5.91 Å². The molecule has 1 aromatic carbocycles. The van der Waals surface area contributed by atoms with Gasteiger partial charge in [-0.1, -0.05) is 24.3 Å². The van der Waals surface area contributed by atoms with Crippen molar-refractivity contribution in [2.24, 2.45) is 0 Å². The number of amides is 1. The zero-order chi connectivity index (χ0) is 14.7. The molecule has 0 saturated carbocycles. The summed E-state index contributed by atoms with van der Waals surface area (Å²) in [5.41, 5.74) is 1.99. The minimum Gasteiger partial charge on any atom is -0.392 e. The zero-order valence-corrected chi connectivity index (χ0v) is 11.4. The summed E-state index contributed by atoms with van der Waals surface area (Å²) in [7, 11) is 3.30. The molecule has 0 aliphatic rings. The number of carbonyl (C=O) groups is 1. The summed E-state index contributed by atoms with van der Waals surface area (Å²) in [6.07, 6.45) is 1.41. The van der Waals surface area contributed by atoms with Crippen LogP contribution in [0.2, 0.25) is 0 Å². The van der Waals surface area contributed by atoms with Gasteiger partial charge in [0.1, 0.15) is 0 Å². The summed E-state index contributed by atoms with van der Waals surface area (Å²) in [5, 5.41) is 9.41. The molecule has 0 bridgehead atoms. The van der Waals surface area contributed by atoms with Gasteiger partial charge in [0.15, 0.2) is 0 Å². The minimum atomic E-state index is -0.289. The molecule has 0 aliphatic heterocycles. The standard InChI is InChI=1S/C15H16N2O3/c1-17(2)15(20)13-8-16-14(19)7-12(13)11-6-4-3-5-10(11)9-18/h3-8,18H,9H2,1-2H3,(H,16,19). The van der Waals surface area contributed by atoms with E-state index in [-0.39, 0.29) is 18.1 Å². The first kappa shape index (κ1) is 14.0. The highest BCUT2D eigenvalue weighted by Gasteiger charge is 2.17. The Hall–Kier alpha value is -2.40. The second-order valence-electron chi connectivity index (χ2n) is 4.64. The Morgan fingerprint density at radius 1 is 1.25 bits per heavy atom. The number of aromatic amines is 1. The molecule has 0 fully saturated rings. The predicted octanol–water partition coefficient (Wildman–Crippen LogP) is 1.24. The van der Waals surface area contributed by atoms with Crippen LogP contribution in [0.3, 0.4) is 0 Å². The van der Waals surface area contributed by atoms with E-state index in [1.54, 1.807) is 38.4 Å². The monoisotopic (exact) mass is 272 g/mol. The van der Waals surface area contributed by atoms with Gasteiger partial charge in [-0.3, -0.25) is 9.59 Å². The molecule has 0 atom stereocenters. The quantitative estimate of drug-likeness (QED) is 0.882. The fourth-order valence-electron chi connectivity index (χ4n) is 2.03. The molecule has 0 radical (unpaired) electrons. The number of H-pyrrole nitrogens is 1. The molecule has 0 aliphatic carbocycles. The van der Waals surface area contributed by atoms with E-state index < -0.39 is 0 Å². The highest BCUT2D eigenvalue weighted by atomic mass is 16.3. The number of benzene rings is 1. The molecule has 0 saturated heterocycles. The second-order valence-corrected chi connectivity index (χ2v) is 4.64. The van der Waals surface area contributed by atoms with E-state index >= 15 is 0 Å². The van der Waals surface area contributed by atoms with E-state index in [9.17, 15) is 14.7 Å². The molecule has 2 aromatic rings. The van der Waals surface area contributed by atoms with Gasteiger partial charge in [-0.15, -0.1) is 0 Å². The largest absolute Gasteiger partial charge is 0.392 e. The van der Waals surface area contributed by atoms with Gasteiger partial charge in [-0.05, 0) is 11.1 Å². The zero-order valence-electron chi connectivity index (χ0n) is 11.4. The van der Waals surface area contributed by atoms with Crippen LogP contribution in [0.1, 0.15) is 15.9 Å². The van der Waals surface area contributed by atoms with Crippen molar-refractivity contribution in [3.63, 3.8) is 0 Å². The lowest BCUT2D eigenvalue weighted by atomic mass is 9.96. The Bertz CT molecular complexity index is 690. The predicted molar refractivity (Wildman–Crippen MR) is 76.4 cm³/mol. The van der Waals surface area contributed by atoms with Crippen LogP contribution >= 0.6 is 0 Å². The summed E-state index contributed by atoms with van der Waals surface area (Å²) in [6.45, 7) is -0.154. The summed E-state index contributed by atoms with van der Waals surface area (Å²) < 4.78 is 0. The van der Waals surface area contributed by atoms with Crippen molar-refractivity contribution in [2.75, 3.05) is 14.1 Å². The minimum absolute atomic E-state index is 0.154. The van der Waals surface area contributed by atoms with Crippen LogP contribution in [0, 0.1) is 0 Å². The van der Waals surface area contributed by atoms with Gasteiger partial charge in [-0.25, -0.2) is 0 Å². The van der Waals surface area contributed by atoms with E-state index in [1.807, 2.05) is 0 Å². The molecule has 20 heavy (non-hydrogen) atoms. The fourth-order valence-corrected chi connectivity index (χ4v) is 2.03. The lowest BCUT2D eigenvalue weighted by Crippen LogP contribution is -2.24. The Morgan fingerprint density at radius 3 is 2.60 bits per heavy atom. The van der Waals surface area contributed by atoms with E-state index in [2.05, 4.69) is 4.98 Å². The van der Waals surface area contributed by atoms with Gasteiger partial charge in [0.25, 0.3) is 5.91 Å². The Labute approximate surface area is 116 Å². The lowest BCUT2D eigenvalue weighted by Gasteiger charge is -2.15. The Kier molecular flexibility index (Phi) is 4.00. The third kappa shape index (κ3) is 2.62. The number of carbonyl (C=O) groups excluding carboxylic acids is 1. The van der Waals surface area contributed by atoms with E-state index in [4.69, 9.17) is 0 Å². The number of aliphatic hydroxyl groups is 1. The second kappa shape index (κ2) is 5.71. The van der Waals surface area contributed by atoms with Gasteiger partial charge < -0.3 is 15.0 Å². The van der Waals surface area contributed by atoms with Crippen molar-refractivity contribution in [3.05, 3.63) is 58.0 Å². The van der Waals surface area contributed by atoms with Gasteiger partial charge >= 0.3 is 0 Å². The van der Waals surface area contributed by atoms with Crippen molar-refractivity contribution in [1.29, 1.82) is 0 Å². The molecule has 2 N–H and O–H groups in total. The van der Waals surface area contributed by atoms with Crippen LogP contribution in [0.5, 0.6) is 0 Å². The van der Waals surface area contributed by atoms with E-state index in [0.29, 0.717) is 22.3 Å². The number of rotatable bonds is 3. The van der Waals surface area contributed by atoms with E-state index in [0.717, 1.165) is 0 Å². The lowest BCUT2D eigenvalue weighted by molar-refractivity contribution is 0.0828. The van der Waals surface area contributed by atoms with Crippen LogP contribution < -0.4 is 5.56 Å². The first-order valence-corrected chi connectivity index (χ1v) is 6.18. The molecule has 0 spiro atoms. The molecular formula is C15H16N2O3. The normalized spacial score (nSPS) is 10.3. The molecule has 1 amide bonds. The number of aromatic nitrogens is 1. The average Bonchev–Trinajstić information content (AvgIpc) is 2.46. The van der Waals surface area contributed by atoms with Gasteiger partial charge in [0, 0.05) is 31.9 Å². The smallest absolute Gasteiger partial charge is 0.255 e. The number of nitrogens with one attached hydrogen (secondary N) is 1. The molecule has 1 aromatic heterocycles. The van der Waals surface area contributed by atoms with Crippen molar-refractivity contribution in [2.45, 2.75) is 6.61 Å². The number of hydrogen-bond donors (Lipinski definition) is 2. The van der Waals surface area contributed by atoms with Crippen LogP contribution in [-0.2, 0) is 6.61 Å². The summed E-state index contributed by atoms with van der Waals surface area (Å²) in [4.78, 5) is 27.7. The fraction of sp³-hybridized carbons (Fsp3) is 0.200. The van der Waals surface area contributed by atoms with E-state index in [1.165, 1.54) is 17.2 Å². The maximum atomic E-state index is 12.2. The maximum Gasteiger partial charge on any atom is 0.255 e. The first-order valence-electron chi connectivity index (χ1n) is 6.18. The van der Waals surface area contributed by atoms with Crippen molar-refractivity contribution in [1.82, 2.24) is 9.88 Å². The number of pyridine rings is 1. The topological polar surface area (TPSA) is 73.4 Å². The first-order chi connectivity index (χ1) is 9.54. The van der Waals surface area contributed by atoms with Crippen molar-refractivity contribution in [3.8, 4) is 11.1 Å². The number of aliphatic hydroxyl groups excluding tert-OH is 1. The number of nitrogens with zero attached hydrogens (tertiary/aromatic N) is 1. The molecule has 0 unspecified atom stereocenters. The third-order valence-corrected chi connectivity index (χ3v) is 3.04. The third-order valence-electron chi connectivity index (χ3n) is 3.04. The summed E-state index contributed by atoms with van der Waals surface area (Å²) in [6, 6.07) is 8.54.